The van der Waals surface area contributed by atoms with Gasteiger partial charge < -0.3 is 15.6 Å². The summed E-state index contributed by atoms with van der Waals surface area (Å²) in [5.41, 5.74) is 3.41. The van der Waals surface area contributed by atoms with Crippen LogP contribution < -0.4 is 10.6 Å². The highest BCUT2D eigenvalue weighted by Crippen LogP contribution is 2.54. The van der Waals surface area contributed by atoms with Crippen LogP contribution in [0, 0.1) is 23.7 Å². The van der Waals surface area contributed by atoms with Crippen LogP contribution in [0.25, 0.3) is 11.0 Å². The summed E-state index contributed by atoms with van der Waals surface area (Å²) >= 11 is 0. The zero-order chi connectivity index (χ0) is 29.0. The highest BCUT2D eigenvalue weighted by Gasteiger charge is 2.46. The Kier molecular flexibility index (Phi) is 10.4. The summed E-state index contributed by atoms with van der Waals surface area (Å²) in [5, 5.41) is 10.0. The van der Waals surface area contributed by atoms with Crippen LogP contribution in [0.15, 0.2) is 36.8 Å². The van der Waals surface area contributed by atoms with E-state index in [2.05, 4.69) is 25.7 Å². The minimum absolute atomic E-state index is 0. The third-order valence-electron chi connectivity index (χ3n) is 8.26. The first-order chi connectivity index (χ1) is 19.7. The Morgan fingerprint density at radius 2 is 1.76 bits per heavy atom. The lowest BCUT2D eigenvalue weighted by Gasteiger charge is -2.34. The molecule has 2 unspecified atom stereocenters. The number of hydrogen-bond acceptors (Lipinski definition) is 4. The van der Waals surface area contributed by atoms with Gasteiger partial charge in [-0.3, -0.25) is 14.3 Å². The molecule has 4 saturated carbocycles. The van der Waals surface area contributed by atoms with Crippen LogP contribution in [-0.4, -0.2) is 44.0 Å². The van der Waals surface area contributed by atoms with Crippen molar-refractivity contribution in [3.8, 4) is 0 Å². The summed E-state index contributed by atoms with van der Waals surface area (Å²) in [6, 6.07) is 7.70. The number of benzene rings is 1. The second-order valence-electron chi connectivity index (χ2n) is 12.5. The Morgan fingerprint density at radius 3 is 2.40 bits per heavy atom. The lowest BCUT2D eigenvalue weighted by atomic mass is 9.79. The largest absolute Gasteiger partial charge is 0.352 e. The predicted octanol–water partition coefficient (Wildman–Crippen LogP) is 6.66. The molecule has 0 spiro atoms. The number of aromatic amines is 1. The van der Waals surface area contributed by atoms with Gasteiger partial charge in [0.05, 0.1) is 17.4 Å². The molecule has 2 atom stereocenters. The summed E-state index contributed by atoms with van der Waals surface area (Å²) in [6.07, 6.45) is 11.7. The van der Waals surface area contributed by atoms with Crippen LogP contribution in [0.3, 0.4) is 0 Å². The highest BCUT2D eigenvalue weighted by atomic mass is 19.3. The molecule has 2 heterocycles. The smallest absolute Gasteiger partial charge is 0.269 e. The molecule has 0 bridgehead atoms. The Bertz CT molecular complexity index is 1310. The molecule has 0 saturated heterocycles. The standard InChI is InChI=1S/C14H15F2N3O.C14H21N3O.C3H6.CH4/c15-14(16)5-10(6-14)4-13(20)17-7-9-1-2-11-12(3-9)19-8-18-11;1-9(2)17-13(3-4-16-17)14(18)15-8-10-5-11-7-12(11)6-10;1-2-3-1;/h1-3,8,10H,4-7H2,(H,17,20)(H,18,19);3-4,9-12H,5-8H2,1-2H3,(H,15,18);1-3H2;1H4. The van der Waals surface area contributed by atoms with E-state index in [4.69, 9.17) is 0 Å². The first-order valence-corrected chi connectivity index (χ1v) is 15.0. The second-order valence-corrected chi connectivity index (χ2v) is 12.5. The molecule has 4 fully saturated rings. The van der Waals surface area contributed by atoms with Crippen molar-refractivity contribution in [2.24, 2.45) is 23.7 Å². The summed E-state index contributed by atoms with van der Waals surface area (Å²) < 4.78 is 27.1. The number of hydrogen-bond donors (Lipinski definition) is 3. The zero-order valence-electron chi connectivity index (χ0n) is 24.0. The number of carbonyl (C=O) groups excluding carboxylic acids is 2. The van der Waals surface area contributed by atoms with Crippen molar-refractivity contribution < 1.29 is 18.4 Å². The van der Waals surface area contributed by atoms with Gasteiger partial charge in [0.15, 0.2) is 0 Å². The molecule has 3 aromatic rings. The topological polar surface area (TPSA) is 105 Å². The number of amides is 2. The molecule has 0 radical (unpaired) electrons. The molecule has 8 nitrogen and oxygen atoms in total. The quantitative estimate of drug-likeness (QED) is 0.275. The van der Waals surface area contributed by atoms with E-state index < -0.39 is 5.92 Å². The maximum Gasteiger partial charge on any atom is 0.269 e. The number of alkyl halides is 2. The van der Waals surface area contributed by atoms with E-state index in [0.29, 0.717) is 18.2 Å². The van der Waals surface area contributed by atoms with Gasteiger partial charge in [0.2, 0.25) is 11.8 Å². The lowest BCUT2D eigenvalue weighted by Crippen LogP contribution is -2.38. The van der Waals surface area contributed by atoms with Crippen LogP contribution in [0.2, 0.25) is 0 Å². The van der Waals surface area contributed by atoms with Crippen molar-refractivity contribution in [2.75, 3.05) is 6.54 Å². The molecule has 4 aliphatic carbocycles. The third-order valence-corrected chi connectivity index (χ3v) is 8.26. The van der Waals surface area contributed by atoms with Crippen LogP contribution in [0.1, 0.15) is 101 Å². The molecule has 230 valence electrons. The SMILES string of the molecule is C.C1CC1.CC(C)n1nccc1C(=O)NCC1CC2CC2C1.O=C(CC1CC(F)(F)C1)NCc1ccc2nc[nH]c2c1. The van der Waals surface area contributed by atoms with E-state index in [9.17, 15) is 18.4 Å². The van der Waals surface area contributed by atoms with Crippen LogP contribution >= 0.6 is 0 Å². The van der Waals surface area contributed by atoms with Crippen molar-refractivity contribution in [1.29, 1.82) is 0 Å². The van der Waals surface area contributed by atoms with Crippen molar-refractivity contribution in [2.45, 2.75) is 97.6 Å². The van der Waals surface area contributed by atoms with Gasteiger partial charge in [-0.1, -0.05) is 32.8 Å². The van der Waals surface area contributed by atoms with Gasteiger partial charge in [-0.15, -0.1) is 0 Å². The van der Waals surface area contributed by atoms with Gasteiger partial charge in [0.1, 0.15) is 5.69 Å². The van der Waals surface area contributed by atoms with Gasteiger partial charge in [-0.25, -0.2) is 13.8 Å². The molecule has 10 heteroatoms. The van der Waals surface area contributed by atoms with Gasteiger partial charge in [0.25, 0.3) is 5.91 Å². The Morgan fingerprint density at radius 1 is 1.05 bits per heavy atom. The lowest BCUT2D eigenvalue weighted by molar-refractivity contribution is -0.133. The maximum atomic E-state index is 12.7. The van der Waals surface area contributed by atoms with Gasteiger partial charge in [-0.05, 0) is 80.5 Å². The van der Waals surface area contributed by atoms with E-state index in [-0.39, 0.29) is 50.5 Å². The average molecular weight is 585 g/mol. The molecule has 2 amide bonds. The first-order valence-electron chi connectivity index (χ1n) is 15.0. The van der Waals surface area contributed by atoms with E-state index in [1.165, 1.54) is 38.5 Å². The summed E-state index contributed by atoms with van der Waals surface area (Å²) in [6.45, 7) is 5.30. The fourth-order valence-electron chi connectivity index (χ4n) is 5.80. The number of nitrogens with zero attached hydrogens (tertiary/aromatic N) is 3. The van der Waals surface area contributed by atoms with Crippen LogP contribution in [0.4, 0.5) is 8.78 Å². The number of carbonyl (C=O) groups is 2. The van der Waals surface area contributed by atoms with E-state index in [1.807, 2.05) is 32.0 Å². The number of rotatable bonds is 8. The molecule has 7 rings (SSSR count). The fourth-order valence-corrected chi connectivity index (χ4v) is 5.80. The normalized spacial score (nSPS) is 22.8. The molecule has 1 aromatic carbocycles. The van der Waals surface area contributed by atoms with E-state index >= 15 is 0 Å². The third kappa shape index (κ3) is 8.85. The predicted molar refractivity (Wildman–Crippen MR) is 160 cm³/mol. The van der Waals surface area contributed by atoms with Crippen molar-refractivity contribution in [3.63, 3.8) is 0 Å². The second kappa shape index (κ2) is 13.8. The first kappa shape index (κ1) is 31.6. The van der Waals surface area contributed by atoms with E-state index in [0.717, 1.165) is 35.0 Å². The van der Waals surface area contributed by atoms with Gasteiger partial charge in [0, 0.05) is 44.6 Å². The van der Waals surface area contributed by atoms with Gasteiger partial charge >= 0.3 is 0 Å². The van der Waals surface area contributed by atoms with Crippen molar-refractivity contribution >= 4 is 22.8 Å². The van der Waals surface area contributed by atoms with Crippen molar-refractivity contribution in [3.05, 3.63) is 48.0 Å². The highest BCUT2D eigenvalue weighted by molar-refractivity contribution is 5.92. The molecule has 4 aliphatic rings. The molecule has 3 N–H and O–H groups in total. The average Bonchev–Trinajstić information content (AvgIpc) is 3.78. The van der Waals surface area contributed by atoms with Crippen LogP contribution in [-0.2, 0) is 11.3 Å². The Labute approximate surface area is 247 Å². The molecular weight excluding hydrogens is 538 g/mol. The number of nitrogens with one attached hydrogen (secondary N) is 3. The summed E-state index contributed by atoms with van der Waals surface area (Å²) in [7, 11) is 0. The number of fused-ring (bicyclic) bond motifs is 2. The minimum atomic E-state index is -2.56. The Balaban J connectivity index is 0.000000172. The fraction of sp³-hybridized carbons (Fsp3) is 0.625. The summed E-state index contributed by atoms with van der Waals surface area (Å²) in [5.74, 6) is -0.234. The maximum absolute atomic E-state index is 12.7. The molecule has 42 heavy (non-hydrogen) atoms. The summed E-state index contributed by atoms with van der Waals surface area (Å²) in [4.78, 5) is 30.9. The number of imidazole rings is 1. The molecular formula is C32H46F2N6O2. The molecule has 2 aromatic heterocycles. The van der Waals surface area contributed by atoms with Crippen molar-refractivity contribution in [1.82, 2.24) is 30.4 Å². The Hall–Kier alpha value is -3.30. The monoisotopic (exact) mass is 584 g/mol. The van der Waals surface area contributed by atoms with Gasteiger partial charge in [-0.2, -0.15) is 5.10 Å². The number of halogens is 2. The van der Waals surface area contributed by atoms with Crippen LogP contribution in [0.5, 0.6) is 0 Å². The van der Waals surface area contributed by atoms with E-state index in [1.54, 1.807) is 23.3 Å². The zero-order valence-corrected chi connectivity index (χ0v) is 24.0. The number of H-pyrrole nitrogens is 1. The number of aromatic nitrogens is 4. The minimum Gasteiger partial charge on any atom is -0.352 e. The molecule has 0 aliphatic heterocycles.